The molecule has 1 unspecified atom stereocenters. The zero-order valence-electron chi connectivity index (χ0n) is 11.0. The van der Waals surface area contributed by atoms with Gasteiger partial charge in [-0.25, -0.2) is 0 Å². The number of nitrogens with zero attached hydrogens (tertiary/aromatic N) is 2. The smallest absolute Gasteiger partial charge is 0.0598 e. The molecule has 3 heteroatoms. The van der Waals surface area contributed by atoms with Gasteiger partial charge in [0.25, 0.3) is 0 Å². The first kappa shape index (κ1) is 13.0. The molecule has 0 aromatic carbocycles. The van der Waals surface area contributed by atoms with Crippen LogP contribution in [0.15, 0.2) is 18.5 Å². The number of anilines is 1. The molecule has 90 valence electrons. The summed E-state index contributed by atoms with van der Waals surface area (Å²) in [6, 6.07) is 2.59. The van der Waals surface area contributed by atoms with Crippen LogP contribution in [0.25, 0.3) is 0 Å². The largest absolute Gasteiger partial charge is 0.370 e. The highest BCUT2D eigenvalue weighted by Gasteiger charge is 2.16. The Morgan fingerprint density at radius 2 is 2.06 bits per heavy atom. The molecule has 1 N–H and O–H groups in total. The van der Waals surface area contributed by atoms with Gasteiger partial charge in [-0.2, -0.15) is 0 Å². The topological polar surface area (TPSA) is 28.2 Å². The van der Waals surface area contributed by atoms with Crippen molar-refractivity contribution in [2.75, 3.05) is 19.0 Å². The van der Waals surface area contributed by atoms with Crippen LogP contribution >= 0.6 is 0 Å². The molecule has 16 heavy (non-hydrogen) atoms. The molecule has 1 atom stereocenters. The van der Waals surface area contributed by atoms with Crippen LogP contribution in [0.1, 0.15) is 26.3 Å². The zero-order chi connectivity index (χ0) is 12.1. The molecule has 3 nitrogen and oxygen atoms in total. The van der Waals surface area contributed by atoms with Crippen LogP contribution in [-0.4, -0.2) is 25.1 Å². The fraction of sp³-hybridized carbons (Fsp3) is 0.615. The van der Waals surface area contributed by atoms with Gasteiger partial charge >= 0.3 is 0 Å². The second-order valence-corrected chi connectivity index (χ2v) is 4.63. The van der Waals surface area contributed by atoms with Crippen molar-refractivity contribution in [3.05, 3.63) is 24.0 Å². The van der Waals surface area contributed by atoms with E-state index in [1.807, 2.05) is 19.4 Å². The normalized spacial score (nSPS) is 12.9. The molecule has 0 spiro atoms. The van der Waals surface area contributed by atoms with E-state index >= 15 is 0 Å². The van der Waals surface area contributed by atoms with Crippen molar-refractivity contribution in [1.29, 1.82) is 0 Å². The molecule has 1 heterocycles. The van der Waals surface area contributed by atoms with Crippen molar-refractivity contribution in [1.82, 2.24) is 10.3 Å². The van der Waals surface area contributed by atoms with Gasteiger partial charge in [-0.3, -0.25) is 4.98 Å². The monoisotopic (exact) mass is 221 g/mol. The minimum absolute atomic E-state index is 0.514. The van der Waals surface area contributed by atoms with Crippen LogP contribution in [-0.2, 0) is 6.54 Å². The molecule has 1 aromatic heterocycles. The quantitative estimate of drug-likeness (QED) is 0.827. The molecule has 0 fully saturated rings. The van der Waals surface area contributed by atoms with E-state index in [0.717, 1.165) is 6.54 Å². The van der Waals surface area contributed by atoms with Crippen LogP contribution in [0.3, 0.4) is 0 Å². The highest BCUT2D eigenvalue weighted by Crippen LogP contribution is 2.22. The highest BCUT2D eigenvalue weighted by atomic mass is 15.1. The molecule has 0 aliphatic heterocycles. The summed E-state index contributed by atoms with van der Waals surface area (Å²) >= 11 is 0. The van der Waals surface area contributed by atoms with E-state index in [4.69, 9.17) is 0 Å². The van der Waals surface area contributed by atoms with Gasteiger partial charge in [-0.15, -0.1) is 0 Å². The molecule has 0 radical (unpaired) electrons. The Morgan fingerprint density at radius 3 is 2.62 bits per heavy atom. The predicted molar refractivity (Wildman–Crippen MR) is 69.7 cm³/mol. The standard InChI is InChI=1S/C13H23N3/c1-10(2)11(3)16(5)13-9-15-7-6-12(13)8-14-4/h6-7,9-11,14H,8H2,1-5H3. The number of rotatable bonds is 5. The number of nitrogens with one attached hydrogen (secondary N) is 1. The first-order chi connectivity index (χ1) is 7.57. The molecule has 0 saturated carbocycles. The van der Waals surface area contributed by atoms with E-state index < -0.39 is 0 Å². The summed E-state index contributed by atoms with van der Waals surface area (Å²) in [7, 11) is 4.11. The summed E-state index contributed by atoms with van der Waals surface area (Å²) < 4.78 is 0. The lowest BCUT2D eigenvalue weighted by atomic mass is 10.0. The van der Waals surface area contributed by atoms with E-state index in [-0.39, 0.29) is 0 Å². The molecule has 0 bridgehead atoms. The Morgan fingerprint density at radius 1 is 1.38 bits per heavy atom. The maximum atomic E-state index is 4.22. The van der Waals surface area contributed by atoms with E-state index in [1.54, 1.807) is 0 Å². The fourth-order valence-corrected chi connectivity index (χ4v) is 1.74. The molecule has 0 amide bonds. The molecule has 1 rings (SSSR count). The predicted octanol–water partition coefficient (Wildman–Crippen LogP) is 2.28. The third kappa shape index (κ3) is 2.95. The maximum absolute atomic E-state index is 4.22. The van der Waals surface area contributed by atoms with Gasteiger partial charge < -0.3 is 10.2 Å². The van der Waals surface area contributed by atoms with Crippen molar-refractivity contribution >= 4 is 5.69 Å². The molecule has 0 aliphatic rings. The van der Waals surface area contributed by atoms with Gasteiger partial charge in [-0.05, 0) is 31.5 Å². The van der Waals surface area contributed by atoms with Crippen molar-refractivity contribution in [3.8, 4) is 0 Å². The van der Waals surface area contributed by atoms with E-state index in [2.05, 4.69) is 49.1 Å². The lowest BCUT2D eigenvalue weighted by Crippen LogP contribution is -2.34. The molecular formula is C13H23N3. The lowest BCUT2D eigenvalue weighted by Gasteiger charge is -2.31. The lowest BCUT2D eigenvalue weighted by molar-refractivity contribution is 0.504. The Kier molecular flexibility index (Phi) is 4.74. The van der Waals surface area contributed by atoms with Gasteiger partial charge in [0.2, 0.25) is 0 Å². The summed E-state index contributed by atoms with van der Waals surface area (Å²) in [5, 5.41) is 3.19. The summed E-state index contributed by atoms with van der Waals surface area (Å²) in [6.45, 7) is 7.62. The van der Waals surface area contributed by atoms with Crippen LogP contribution < -0.4 is 10.2 Å². The van der Waals surface area contributed by atoms with Gasteiger partial charge in [0.05, 0.1) is 11.9 Å². The maximum Gasteiger partial charge on any atom is 0.0598 e. The Hall–Kier alpha value is -1.09. The van der Waals surface area contributed by atoms with Crippen molar-refractivity contribution in [2.45, 2.75) is 33.4 Å². The molecule has 1 aromatic rings. The number of aromatic nitrogens is 1. The molecule has 0 saturated heterocycles. The second kappa shape index (κ2) is 5.85. The van der Waals surface area contributed by atoms with Gasteiger partial charge in [0.1, 0.15) is 0 Å². The van der Waals surface area contributed by atoms with Crippen LogP contribution in [0.4, 0.5) is 5.69 Å². The number of pyridine rings is 1. The summed E-state index contributed by atoms with van der Waals surface area (Å²) in [5.74, 6) is 0.632. The minimum atomic E-state index is 0.514. The van der Waals surface area contributed by atoms with Gasteiger partial charge in [-0.1, -0.05) is 13.8 Å². The van der Waals surface area contributed by atoms with Gasteiger partial charge in [0.15, 0.2) is 0 Å². The average molecular weight is 221 g/mol. The highest BCUT2D eigenvalue weighted by molar-refractivity contribution is 5.51. The van der Waals surface area contributed by atoms with Crippen LogP contribution in [0.2, 0.25) is 0 Å². The molecule has 0 aliphatic carbocycles. The van der Waals surface area contributed by atoms with Crippen molar-refractivity contribution in [3.63, 3.8) is 0 Å². The molecular weight excluding hydrogens is 198 g/mol. The number of hydrogen-bond donors (Lipinski definition) is 1. The van der Waals surface area contributed by atoms with E-state index in [1.165, 1.54) is 11.3 Å². The van der Waals surface area contributed by atoms with E-state index in [9.17, 15) is 0 Å². The first-order valence-corrected chi connectivity index (χ1v) is 5.88. The average Bonchev–Trinajstić information content (AvgIpc) is 2.28. The number of hydrogen-bond acceptors (Lipinski definition) is 3. The Labute approximate surface area is 98.9 Å². The Balaban J connectivity index is 2.93. The fourth-order valence-electron chi connectivity index (χ4n) is 1.74. The SMILES string of the molecule is CNCc1ccncc1N(C)C(C)C(C)C. The van der Waals surface area contributed by atoms with Gasteiger partial charge in [0, 0.05) is 25.8 Å². The summed E-state index contributed by atoms with van der Waals surface area (Å²) in [4.78, 5) is 6.53. The third-order valence-corrected chi connectivity index (χ3v) is 3.21. The van der Waals surface area contributed by atoms with Crippen molar-refractivity contribution < 1.29 is 0 Å². The second-order valence-electron chi connectivity index (χ2n) is 4.63. The zero-order valence-corrected chi connectivity index (χ0v) is 11.0. The third-order valence-electron chi connectivity index (χ3n) is 3.21. The summed E-state index contributed by atoms with van der Waals surface area (Å²) in [6.07, 6.45) is 3.80. The Bertz CT molecular complexity index is 323. The van der Waals surface area contributed by atoms with Crippen LogP contribution in [0, 0.1) is 5.92 Å². The first-order valence-electron chi connectivity index (χ1n) is 5.88. The van der Waals surface area contributed by atoms with Crippen molar-refractivity contribution in [2.24, 2.45) is 5.92 Å². The minimum Gasteiger partial charge on any atom is -0.370 e. The summed E-state index contributed by atoms with van der Waals surface area (Å²) in [5.41, 5.74) is 2.52. The van der Waals surface area contributed by atoms with Crippen LogP contribution in [0.5, 0.6) is 0 Å². The van der Waals surface area contributed by atoms with E-state index in [0.29, 0.717) is 12.0 Å².